The van der Waals surface area contributed by atoms with E-state index in [0.29, 0.717) is 23.4 Å². The molecule has 1 amide bonds. The van der Waals surface area contributed by atoms with Gasteiger partial charge in [0.15, 0.2) is 0 Å². The number of nitrogens with zero attached hydrogens (tertiary/aromatic N) is 4. The van der Waals surface area contributed by atoms with Gasteiger partial charge in [0.05, 0.1) is 10.9 Å². The number of rotatable bonds is 8. The Hall–Kier alpha value is -2.99. The minimum Gasteiger partial charge on any atom is -0.342 e. The molecular formula is C24H29ClN4O2. The summed E-state index contributed by atoms with van der Waals surface area (Å²) in [7, 11) is 1.77. The molecule has 1 aromatic carbocycles. The van der Waals surface area contributed by atoms with Gasteiger partial charge in [-0.15, -0.1) is 12.4 Å². The maximum Gasteiger partial charge on any atom is 0.265 e. The lowest BCUT2D eigenvalue weighted by molar-refractivity contribution is -0.124. The number of pyridine rings is 1. The van der Waals surface area contributed by atoms with Crippen LogP contribution < -0.4 is 5.56 Å². The van der Waals surface area contributed by atoms with Gasteiger partial charge in [-0.3, -0.25) is 19.1 Å². The number of benzene rings is 1. The zero-order chi connectivity index (χ0) is 21.5. The second-order valence-corrected chi connectivity index (χ2v) is 7.78. The summed E-state index contributed by atoms with van der Waals surface area (Å²) >= 11 is 0. The number of aromatic nitrogens is 3. The number of unbranched alkanes of at least 4 members (excludes halogenated alkanes) is 1. The number of hydrogen-bond acceptors (Lipinski definition) is 4. The first-order chi connectivity index (χ1) is 14.5. The number of carbonyl (C=O) groups is 1. The van der Waals surface area contributed by atoms with E-state index in [1.54, 1.807) is 18.1 Å². The summed E-state index contributed by atoms with van der Waals surface area (Å²) in [5, 5.41) is 0.560. The fraction of sp³-hybridized carbons (Fsp3) is 0.333. The first-order valence-corrected chi connectivity index (χ1v) is 10.3. The lowest BCUT2D eigenvalue weighted by atomic mass is 10.0. The number of amides is 1. The molecule has 0 spiro atoms. The minimum absolute atomic E-state index is 0. The van der Waals surface area contributed by atoms with Gasteiger partial charge >= 0.3 is 0 Å². The van der Waals surface area contributed by atoms with E-state index < -0.39 is 0 Å². The molecule has 6 nitrogen and oxygen atoms in total. The maximum absolute atomic E-state index is 12.8. The second-order valence-electron chi connectivity index (χ2n) is 7.78. The first kappa shape index (κ1) is 24.3. The SMILES string of the molecule is CC(C)c1ccc2ncn(C=CC(=O)N(C)CCCCc3cccnc3)c(=O)c2c1.Cl. The number of carbonyl (C=O) groups excluding carboxylic acids is 1. The second kappa shape index (κ2) is 11.4. The van der Waals surface area contributed by atoms with Gasteiger partial charge in [0, 0.05) is 38.3 Å². The van der Waals surface area contributed by atoms with Crippen LogP contribution in [-0.4, -0.2) is 38.9 Å². The Morgan fingerprint density at radius 2 is 2.03 bits per heavy atom. The first-order valence-electron chi connectivity index (χ1n) is 10.3. The number of hydrogen-bond donors (Lipinski definition) is 0. The molecule has 0 aliphatic heterocycles. The van der Waals surface area contributed by atoms with Crippen LogP contribution in [0.25, 0.3) is 17.1 Å². The van der Waals surface area contributed by atoms with Gasteiger partial charge in [0.25, 0.3) is 5.56 Å². The number of aryl methyl sites for hydroxylation is 1. The smallest absolute Gasteiger partial charge is 0.265 e. The molecule has 0 bridgehead atoms. The topological polar surface area (TPSA) is 68.1 Å². The fourth-order valence-electron chi connectivity index (χ4n) is 3.22. The van der Waals surface area contributed by atoms with Crippen molar-refractivity contribution in [3.05, 3.63) is 76.6 Å². The van der Waals surface area contributed by atoms with Crippen molar-refractivity contribution >= 4 is 35.4 Å². The highest BCUT2D eigenvalue weighted by Gasteiger charge is 2.08. The average molecular weight is 441 g/mol. The van der Waals surface area contributed by atoms with Crippen LogP contribution in [0.4, 0.5) is 0 Å². The highest BCUT2D eigenvalue weighted by Crippen LogP contribution is 2.17. The number of halogens is 1. The van der Waals surface area contributed by atoms with E-state index in [0.717, 1.165) is 24.8 Å². The third kappa shape index (κ3) is 6.49. The molecule has 3 rings (SSSR count). The van der Waals surface area contributed by atoms with Crippen molar-refractivity contribution < 1.29 is 4.79 Å². The van der Waals surface area contributed by atoms with Crippen molar-refractivity contribution in [2.75, 3.05) is 13.6 Å². The van der Waals surface area contributed by atoms with Gasteiger partial charge in [-0.25, -0.2) is 4.98 Å². The fourth-order valence-corrected chi connectivity index (χ4v) is 3.22. The van der Waals surface area contributed by atoms with E-state index in [9.17, 15) is 9.59 Å². The summed E-state index contributed by atoms with van der Waals surface area (Å²) in [4.78, 5) is 35.3. The molecule has 2 aromatic heterocycles. The van der Waals surface area contributed by atoms with Crippen LogP contribution in [0.15, 0.2) is 59.9 Å². The lowest BCUT2D eigenvalue weighted by Gasteiger charge is -2.14. The molecule has 164 valence electrons. The van der Waals surface area contributed by atoms with Crippen molar-refractivity contribution in [1.82, 2.24) is 19.4 Å². The van der Waals surface area contributed by atoms with Crippen LogP contribution in [0.2, 0.25) is 0 Å². The van der Waals surface area contributed by atoms with Crippen LogP contribution in [0.3, 0.4) is 0 Å². The maximum atomic E-state index is 12.8. The Bertz CT molecular complexity index is 1090. The van der Waals surface area contributed by atoms with Crippen molar-refractivity contribution in [1.29, 1.82) is 0 Å². The third-order valence-corrected chi connectivity index (χ3v) is 5.16. The quantitative estimate of drug-likeness (QED) is 0.387. The Kier molecular flexibility index (Phi) is 8.94. The Balaban J connectivity index is 0.00000341. The molecule has 0 unspecified atom stereocenters. The number of likely N-dealkylation sites (N-methyl/N-ethyl adjacent to an activating group) is 1. The van der Waals surface area contributed by atoms with Gasteiger partial charge in [0.1, 0.15) is 6.33 Å². The molecule has 0 saturated carbocycles. The molecule has 0 aliphatic carbocycles. The summed E-state index contributed by atoms with van der Waals surface area (Å²) in [6, 6.07) is 9.74. The zero-order valence-corrected chi connectivity index (χ0v) is 19.0. The highest BCUT2D eigenvalue weighted by molar-refractivity contribution is 5.90. The van der Waals surface area contributed by atoms with E-state index in [4.69, 9.17) is 0 Å². The molecule has 0 aliphatic rings. The molecule has 3 aromatic rings. The molecular weight excluding hydrogens is 412 g/mol. The molecule has 0 radical (unpaired) electrons. The Morgan fingerprint density at radius 3 is 2.74 bits per heavy atom. The molecule has 0 fully saturated rings. The zero-order valence-electron chi connectivity index (χ0n) is 18.2. The van der Waals surface area contributed by atoms with E-state index in [2.05, 4.69) is 29.9 Å². The molecule has 2 heterocycles. The third-order valence-electron chi connectivity index (χ3n) is 5.16. The average Bonchev–Trinajstić information content (AvgIpc) is 2.76. The predicted octanol–water partition coefficient (Wildman–Crippen LogP) is 4.29. The monoisotopic (exact) mass is 440 g/mol. The van der Waals surface area contributed by atoms with Crippen molar-refractivity contribution in [2.45, 2.75) is 39.0 Å². The van der Waals surface area contributed by atoms with Crippen LogP contribution in [-0.2, 0) is 11.2 Å². The molecule has 7 heteroatoms. The van der Waals surface area contributed by atoms with Gasteiger partial charge < -0.3 is 4.90 Å². The van der Waals surface area contributed by atoms with Gasteiger partial charge in [-0.05, 0) is 54.5 Å². The summed E-state index contributed by atoms with van der Waals surface area (Å²) in [5.41, 5.74) is 2.78. The Labute approximate surface area is 189 Å². The van der Waals surface area contributed by atoms with E-state index in [-0.39, 0.29) is 23.9 Å². The lowest BCUT2D eigenvalue weighted by Crippen LogP contribution is -2.26. The predicted molar refractivity (Wildman–Crippen MR) is 127 cm³/mol. The highest BCUT2D eigenvalue weighted by atomic mass is 35.5. The summed E-state index contributed by atoms with van der Waals surface area (Å²) in [5.74, 6) is 0.186. The summed E-state index contributed by atoms with van der Waals surface area (Å²) in [6.07, 6.45) is 10.8. The van der Waals surface area contributed by atoms with E-state index in [1.807, 2.05) is 30.5 Å². The molecule has 0 saturated heterocycles. The van der Waals surface area contributed by atoms with Gasteiger partial charge in [0.2, 0.25) is 5.91 Å². The van der Waals surface area contributed by atoms with Crippen LogP contribution in [0.5, 0.6) is 0 Å². The summed E-state index contributed by atoms with van der Waals surface area (Å²) < 4.78 is 1.36. The van der Waals surface area contributed by atoms with Crippen LogP contribution in [0, 0.1) is 0 Å². The van der Waals surface area contributed by atoms with Crippen molar-refractivity contribution in [3.8, 4) is 0 Å². The summed E-state index contributed by atoms with van der Waals surface area (Å²) in [6.45, 7) is 4.83. The van der Waals surface area contributed by atoms with Gasteiger partial charge in [-0.1, -0.05) is 26.0 Å². The number of fused-ring (bicyclic) bond motifs is 1. The van der Waals surface area contributed by atoms with E-state index in [1.165, 1.54) is 28.7 Å². The van der Waals surface area contributed by atoms with Gasteiger partial charge in [-0.2, -0.15) is 0 Å². The molecule has 0 N–H and O–H groups in total. The normalized spacial score (nSPS) is 11.1. The minimum atomic E-state index is -0.175. The molecule has 0 atom stereocenters. The van der Waals surface area contributed by atoms with E-state index >= 15 is 0 Å². The van der Waals surface area contributed by atoms with Crippen molar-refractivity contribution in [2.24, 2.45) is 0 Å². The van der Waals surface area contributed by atoms with Crippen molar-refractivity contribution in [3.63, 3.8) is 0 Å². The Morgan fingerprint density at radius 1 is 1.23 bits per heavy atom. The van der Waals surface area contributed by atoms with Crippen LogP contribution >= 0.6 is 12.4 Å². The largest absolute Gasteiger partial charge is 0.342 e. The van der Waals surface area contributed by atoms with Crippen LogP contribution in [0.1, 0.15) is 43.7 Å². The molecule has 31 heavy (non-hydrogen) atoms. The standard InChI is InChI=1S/C24H28N4O2.ClH/c1-18(2)20-9-10-22-21(15-20)24(30)28(17-26-22)14-11-23(29)27(3)13-5-4-7-19-8-6-12-25-16-19;/h6,8-12,14-18H,4-5,7,13H2,1-3H3;1H.